The van der Waals surface area contributed by atoms with Crippen LogP contribution in [-0.4, -0.2) is 39.2 Å². The van der Waals surface area contributed by atoms with Crippen molar-refractivity contribution in [2.75, 3.05) is 0 Å². The first kappa shape index (κ1) is 23.7. The van der Waals surface area contributed by atoms with Crippen molar-refractivity contribution < 1.29 is 27.6 Å². The van der Waals surface area contributed by atoms with Gasteiger partial charge in [0, 0.05) is 30.1 Å². The fourth-order valence-electron chi connectivity index (χ4n) is 4.73. The number of nitrogens with one attached hydrogen (secondary N) is 1. The Morgan fingerprint density at radius 1 is 1.12 bits per heavy atom. The number of aromatic nitrogens is 1. The van der Waals surface area contributed by atoms with Crippen molar-refractivity contribution in [3.63, 3.8) is 0 Å². The van der Waals surface area contributed by atoms with Crippen LogP contribution < -0.4 is 5.32 Å². The van der Waals surface area contributed by atoms with Crippen molar-refractivity contribution >= 4 is 17.6 Å². The van der Waals surface area contributed by atoms with E-state index in [4.69, 9.17) is 0 Å². The Labute approximate surface area is 194 Å². The molecule has 9 heteroatoms. The van der Waals surface area contributed by atoms with Crippen molar-refractivity contribution in [3.8, 4) is 0 Å². The summed E-state index contributed by atoms with van der Waals surface area (Å²) in [5, 5.41) is 1.96. The third-order valence-corrected chi connectivity index (χ3v) is 6.30. The molecule has 1 N–H and O–H groups in total. The van der Waals surface area contributed by atoms with Crippen LogP contribution in [0.5, 0.6) is 0 Å². The maximum absolute atomic E-state index is 14.8. The van der Waals surface area contributed by atoms with Crippen LogP contribution in [-0.2, 0) is 16.1 Å². The molecular formula is C25H24F3N3O3. The quantitative estimate of drug-likeness (QED) is 0.728. The fraction of sp³-hybridized carbons (Fsp3) is 0.360. The summed E-state index contributed by atoms with van der Waals surface area (Å²) in [6.45, 7) is 4.91. The van der Waals surface area contributed by atoms with Gasteiger partial charge in [0.25, 0.3) is 11.8 Å². The van der Waals surface area contributed by atoms with E-state index in [1.54, 1.807) is 45.0 Å². The van der Waals surface area contributed by atoms with Crippen LogP contribution in [0.25, 0.3) is 0 Å². The van der Waals surface area contributed by atoms with E-state index in [-0.39, 0.29) is 30.6 Å². The molecule has 1 unspecified atom stereocenters. The summed E-state index contributed by atoms with van der Waals surface area (Å²) < 4.78 is 44.5. The Balaban J connectivity index is 1.89. The molecule has 0 radical (unpaired) electrons. The average Bonchev–Trinajstić information content (AvgIpc) is 2.97. The molecule has 4 rings (SSSR count). The molecule has 1 aliphatic heterocycles. The first-order valence-electron chi connectivity index (χ1n) is 10.8. The first-order chi connectivity index (χ1) is 15.9. The van der Waals surface area contributed by atoms with E-state index in [1.165, 1.54) is 24.5 Å². The number of alkyl halides is 3. The summed E-state index contributed by atoms with van der Waals surface area (Å²) >= 11 is 0. The number of hydrogen-bond acceptors (Lipinski definition) is 4. The van der Waals surface area contributed by atoms with E-state index in [2.05, 4.69) is 4.98 Å². The van der Waals surface area contributed by atoms with Crippen molar-refractivity contribution in [3.05, 3.63) is 76.8 Å². The highest BCUT2D eigenvalue weighted by Crippen LogP contribution is 2.52. The first-order valence-corrected chi connectivity index (χ1v) is 10.8. The van der Waals surface area contributed by atoms with Gasteiger partial charge >= 0.3 is 6.18 Å². The second-order valence-corrected chi connectivity index (χ2v) is 9.53. The lowest BCUT2D eigenvalue weighted by Gasteiger charge is -2.35. The molecule has 2 heterocycles. The summed E-state index contributed by atoms with van der Waals surface area (Å²) in [7, 11) is 0. The summed E-state index contributed by atoms with van der Waals surface area (Å²) in [4.78, 5) is 44.8. The molecule has 0 fully saturated rings. The van der Waals surface area contributed by atoms with Gasteiger partial charge in [0.15, 0.2) is 5.78 Å². The monoisotopic (exact) mass is 471 g/mol. The molecule has 2 aliphatic rings. The van der Waals surface area contributed by atoms with Gasteiger partial charge in [-0.05, 0) is 42.0 Å². The number of ketones is 1. The van der Waals surface area contributed by atoms with Gasteiger partial charge < -0.3 is 10.2 Å². The van der Waals surface area contributed by atoms with Gasteiger partial charge in [-0.1, -0.05) is 38.1 Å². The molecule has 6 nitrogen and oxygen atoms in total. The lowest BCUT2D eigenvalue weighted by molar-refractivity contribution is -0.190. The third-order valence-electron chi connectivity index (χ3n) is 6.30. The molecule has 0 spiro atoms. The van der Waals surface area contributed by atoms with Gasteiger partial charge in [0.2, 0.25) is 5.54 Å². The summed E-state index contributed by atoms with van der Waals surface area (Å²) in [5.74, 6) is -3.26. The fourth-order valence-corrected chi connectivity index (χ4v) is 4.73. The smallest absolute Gasteiger partial charge is 0.326 e. The van der Waals surface area contributed by atoms with Gasteiger partial charge in [0.1, 0.15) is 0 Å². The number of carbonyl (C=O) groups excluding carboxylic acids is 3. The van der Waals surface area contributed by atoms with Crippen LogP contribution >= 0.6 is 0 Å². The molecule has 34 heavy (non-hydrogen) atoms. The van der Waals surface area contributed by atoms with Crippen LogP contribution in [0, 0.1) is 12.3 Å². The number of benzene rings is 1. The Morgan fingerprint density at radius 2 is 1.82 bits per heavy atom. The SMILES string of the molecule is Cc1ccccc1C(=O)NC1(C(F)(F)F)C(=O)N(Cc2cccnc2)C2=C1C(=O)CC(C)(C)C2. The van der Waals surface area contributed by atoms with Gasteiger partial charge in [-0.2, -0.15) is 13.2 Å². The predicted molar refractivity (Wildman–Crippen MR) is 117 cm³/mol. The van der Waals surface area contributed by atoms with E-state index >= 15 is 0 Å². The number of halogens is 3. The predicted octanol–water partition coefficient (Wildman–Crippen LogP) is 4.11. The van der Waals surface area contributed by atoms with E-state index in [0.29, 0.717) is 11.1 Å². The number of nitrogens with zero attached hydrogens (tertiary/aromatic N) is 2. The number of allylic oxidation sites excluding steroid dienone is 1. The van der Waals surface area contributed by atoms with Crippen molar-refractivity contribution in [1.82, 2.24) is 15.2 Å². The van der Waals surface area contributed by atoms with E-state index in [9.17, 15) is 27.6 Å². The van der Waals surface area contributed by atoms with Crippen LogP contribution in [0.2, 0.25) is 0 Å². The maximum atomic E-state index is 14.8. The topological polar surface area (TPSA) is 79.4 Å². The number of aryl methyl sites for hydroxylation is 1. The zero-order chi connectivity index (χ0) is 24.9. The minimum atomic E-state index is -5.25. The minimum absolute atomic E-state index is 0.00230. The van der Waals surface area contributed by atoms with Crippen LogP contribution in [0.1, 0.15) is 48.2 Å². The van der Waals surface area contributed by atoms with Crippen molar-refractivity contribution in [1.29, 1.82) is 0 Å². The Hall–Kier alpha value is -3.49. The number of carbonyl (C=O) groups is 3. The zero-order valence-corrected chi connectivity index (χ0v) is 19.0. The highest BCUT2D eigenvalue weighted by molar-refractivity contribution is 6.14. The molecule has 0 bridgehead atoms. The van der Waals surface area contributed by atoms with E-state index < -0.39 is 40.3 Å². The van der Waals surface area contributed by atoms with Crippen LogP contribution in [0.4, 0.5) is 13.2 Å². The van der Waals surface area contributed by atoms with E-state index in [1.807, 2.05) is 5.32 Å². The molecular weight excluding hydrogens is 447 g/mol. The molecule has 1 aromatic heterocycles. The van der Waals surface area contributed by atoms with Gasteiger partial charge in [-0.3, -0.25) is 19.4 Å². The molecule has 0 saturated carbocycles. The zero-order valence-electron chi connectivity index (χ0n) is 19.0. The summed E-state index contributed by atoms with van der Waals surface area (Å²) in [5.41, 5.74) is -3.85. The van der Waals surface area contributed by atoms with Crippen LogP contribution in [0.3, 0.4) is 0 Å². The normalized spacial score (nSPS) is 22.1. The summed E-state index contributed by atoms with van der Waals surface area (Å²) in [6.07, 6.45) is -2.38. The largest absolute Gasteiger partial charge is 0.425 e. The number of Topliss-reactive ketones (excluding diaryl/α,β-unsaturated/α-hetero) is 1. The van der Waals surface area contributed by atoms with E-state index in [0.717, 1.165) is 4.90 Å². The highest BCUT2D eigenvalue weighted by atomic mass is 19.4. The van der Waals surface area contributed by atoms with Gasteiger partial charge in [0.05, 0.1) is 12.1 Å². The number of hydrogen-bond donors (Lipinski definition) is 1. The number of rotatable bonds is 4. The lowest BCUT2D eigenvalue weighted by Crippen LogP contribution is -2.66. The average molecular weight is 471 g/mol. The standard InChI is InChI=1S/C25H24F3N3O3/c1-15-7-4-5-9-17(15)21(33)30-24(25(26,27)28)20-18(11-23(2,3)12-19(20)32)31(22(24)34)14-16-8-6-10-29-13-16/h4-10,13H,11-12,14H2,1-3H3,(H,30,33). The maximum Gasteiger partial charge on any atom is 0.425 e. The molecule has 2 aromatic rings. The molecule has 0 saturated heterocycles. The number of pyridine rings is 1. The van der Waals surface area contributed by atoms with Crippen molar-refractivity contribution in [2.45, 2.75) is 51.9 Å². The molecule has 1 aromatic carbocycles. The molecule has 2 amide bonds. The van der Waals surface area contributed by atoms with Crippen LogP contribution in [0.15, 0.2) is 60.1 Å². The molecule has 1 aliphatic carbocycles. The van der Waals surface area contributed by atoms with Gasteiger partial charge in [-0.25, -0.2) is 0 Å². The lowest BCUT2D eigenvalue weighted by atomic mass is 9.72. The second kappa shape index (κ2) is 8.07. The Kier molecular flexibility index (Phi) is 5.62. The third kappa shape index (κ3) is 3.78. The Morgan fingerprint density at radius 3 is 2.44 bits per heavy atom. The molecule has 178 valence electrons. The summed E-state index contributed by atoms with van der Waals surface area (Å²) in [6, 6.07) is 9.37. The number of amides is 2. The Bertz CT molecular complexity index is 1200. The molecule has 1 atom stereocenters. The minimum Gasteiger partial charge on any atom is -0.326 e. The van der Waals surface area contributed by atoms with Gasteiger partial charge in [-0.15, -0.1) is 0 Å². The second-order valence-electron chi connectivity index (χ2n) is 9.53. The van der Waals surface area contributed by atoms with Crippen molar-refractivity contribution in [2.24, 2.45) is 5.41 Å². The highest BCUT2D eigenvalue weighted by Gasteiger charge is 2.71.